The molecule has 0 bridgehead atoms. The van der Waals surface area contributed by atoms with Gasteiger partial charge in [-0.3, -0.25) is 4.79 Å². The molecule has 0 aromatic rings. The second kappa shape index (κ2) is 4.52. The van der Waals surface area contributed by atoms with Crippen LogP contribution in [0.25, 0.3) is 0 Å². The van der Waals surface area contributed by atoms with E-state index in [1.54, 1.807) is 0 Å². The number of hydrogen-bond acceptors (Lipinski definition) is 4. The molecule has 0 aliphatic carbocycles. The first kappa shape index (κ1) is 12.5. The molecule has 0 fully saturated rings. The number of primary amides is 1. The summed E-state index contributed by atoms with van der Waals surface area (Å²) in [5.74, 6) is -3.05. The molecule has 1 aliphatic rings. The Hall–Kier alpha value is -1.57. The van der Waals surface area contributed by atoms with Crippen LogP contribution in [0.5, 0.6) is 0 Å². The molecule has 0 aromatic heterocycles. The van der Waals surface area contributed by atoms with Crippen LogP contribution in [0.15, 0.2) is 11.6 Å². The maximum Gasteiger partial charge on any atom is 0.492 e. The molecular formula is C8H9F3N2O3. The van der Waals surface area contributed by atoms with Gasteiger partial charge in [-0.1, -0.05) is 6.08 Å². The highest BCUT2D eigenvalue weighted by atomic mass is 19.4. The lowest BCUT2D eigenvalue weighted by atomic mass is 10.1. The summed E-state index contributed by atoms with van der Waals surface area (Å²) in [6, 6.07) is 0. The number of carbonyl (C=O) groups excluding carboxylic acids is 2. The first-order valence-corrected chi connectivity index (χ1v) is 4.33. The van der Waals surface area contributed by atoms with Crippen LogP contribution in [0.1, 0.15) is 6.42 Å². The summed E-state index contributed by atoms with van der Waals surface area (Å²) in [6.07, 6.45) is -3.25. The van der Waals surface area contributed by atoms with E-state index >= 15 is 0 Å². The zero-order valence-corrected chi connectivity index (χ0v) is 8.08. The topological polar surface area (TPSA) is 72.6 Å². The maximum absolute atomic E-state index is 11.9. The summed E-state index contributed by atoms with van der Waals surface area (Å²) in [6.45, 7) is -0.129. The summed E-state index contributed by atoms with van der Waals surface area (Å²) in [5, 5.41) is 0.760. The molecule has 1 rings (SSSR count). The van der Waals surface area contributed by atoms with Crippen molar-refractivity contribution in [1.29, 1.82) is 0 Å². The zero-order chi connectivity index (χ0) is 12.3. The van der Waals surface area contributed by atoms with Gasteiger partial charge in [-0.05, 0) is 6.42 Å². The van der Waals surface area contributed by atoms with Crippen LogP contribution in [-0.4, -0.2) is 36.2 Å². The van der Waals surface area contributed by atoms with Crippen LogP contribution in [0.3, 0.4) is 0 Å². The van der Waals surface area contributed by atoms with Gasteiger partial charge in [0.25, 0.3) is 0 Å². The minimum Gasteiger partial charge on any atom is -0.366 e. The highest BCUT2D eigenvalue weighted by molar-refractivity contribution is 5.92. The Bertz CT molecular complexity index is 338. The quantitative estimate of drug-likeness (QED) is 0.741. The van der Waals surface area contributed by atoms with Crippen LogP contribution in [-0.2, 0) is 14.4 Å². The zero-order valence-electron chi connectivity index (χ0n) is 8.08. The average molecular weight is 238 g/mol. The Morgan fingerprint density at radius 2 is 2.06 bits per heavy atom. The van der Waals surface area contributed by atoms with E-state index in [-0.39, 0.29) is 18.7 Å². The number of alkyl halides is 3. The fourth-order valence-electron chi connectivity index (χ4n) is 1.14. The second-order valence-corrected chi connectivity index (χ2v) is 3.12. The Labute approximate surface area is 88.6 Å². The molecule has 90 valence electrons. The molecule has 0 radical (unpaired) electrons. The lowest BCUT2D eigenvalue weighted by Crippen LogP contribution is -2.39. The Morgan fingerprint density at radius 1 is 1.44 bits per heavy atom. The molecule has 5 nitrogen and oxygen atoms in total. The van der Waals surface area contributed by atoms with Crippen molar-refractivity contribution >= 4 is 11.9 Å². The van der Waals surface area contributed by atoms with Gasteiger partial charge in [0, 0.05) is 12.1 Å². The van der Waals surface area contributed by atoms with Crippen LogP contribution < -0.4 is 5.73 Å². The second-order valence-electron chi connectivity index (χ2n) is 3.12. The lowest BCUT2D eigenvalue weighted by molar-refractivity contribution is -0.237. The number of rotatable bonds is 2. The Balaban J connectivity index is 2.56. The smallest absolute Gasteiger partial charge is 0.366 e. The van der Waals surface area contributed by atoms with Crippen LogP contribution >= 0.6 is 0 Å². The van der Waals surface area contributed by atoms with E-state index in [0.29, 0.717) is 6.42 Å². The number of hydroxylamine groups is 2. The van der Waals surface area contributed by atoms with Crippen molar-refractivity contribution in [2.24, 2.45) is 5.73 Å². The maximum atomic E-state index is 11.9. The standard InChI is InChI=1S/C8H9F3N2O3/c9-8(10,11)7(15)16-13-3-1-2-5(4-13)6(12)14/h2H,1,3-4H2,(H2,12,14). The molecule has 1 heterocycles. The molecule has 0 saturated heterocycles. The van der Waals surface area contributed by atoms with E-state index in [2.05, 4.69) is 4.84 Å². The molecule has 0 spiro atoms. The minimum atomic E-state index is -5.05. The molecule has 0 aromatic carbocycles. The molecular weight excluding hydrogens is 229 g/mol. The molecule has 2 N–H and O–H groups in total. The number of carbonyl (C=O) groups is 2. The van der Waals surface area contributed by atoms with E-state index in [0.717, 1.165) is 5.06 Å². The van der Waals surface area contributed by atoms with E-state index in [1.165, 1.54) is 6.08 Å². The first-order valence-electron chi connectivity index (χ1n) is 4.33. The van der Waals surface area contributed by atoms with Gasteiger partial charge in [0.2, 0.25) is 5.91 Å². The predicted octanol–water partition coefficient (Wildman–Crippen LogP) is 0.124. The van der Waals surface area contributed by atoms with Gasteiger partial charge in [0.15, 0.2) is 0 Å². The summed E-state index contributed by atoms with van der Waals surface area (Å²) in [4.78, 5) is 25.3. The summed E-state index contributed by atoms with van der Waals surface area (Å²) in [7, 11) is 0. The summed E-state index contributed by atoms with van der Waals surface area (Å²) in [5.41, 5.74) is 5.08. The number of hydrogen-bond donors (Lipinski definition) is 1. The van der Waals surface area contributed by atoms with Crippen molar-refractivity contribution in [3.63, 3.8) is 0 Å². The minimum absolute atomic E-state index is 0.0958. The molecule has 1 amide bonds. The number of nitrogens with two attached hydrogens (primary N) is 1. The number of halogens is 3. The van der Waals surface area contributed by atoms with Crippen molar-refractivity contribution in [2.75, 3.05) is 13.1 Å². The fourth-order valence-corrected chi connectivity index (χ4v) is 1.14. The van der Waals surface area contributed by atoms with Crippen molar-refractivity contribution in [3.8, 4) is 0 Å². The van der Waals surface area contributed by atoms with Gasteiger partial charge < -0.3 is 10.6 Å². The molecule has 0 saturated carbocycles. The van der Waals surface area contributed by atoms with Gasteiger partial charge in [-0.15, -0.1) is 5.06 Å². The normalized spacial score (nSPS) is 17.8. The number of nitrogens with zero attached hydrogens (tertiary/aromatic N) is 1. The number of amides is 1. The Morgan fingerprint density at radius 3 is 2.56 bits per heavy atom. The van der Waals surface area contributed by atoms with E-state index < -0.39 is 18.1 Å². The SMILES string of the molecule is NC(=O)C1=CCCN(OC(=O)C(F)(F)F)C1. The van der Waals surface area contributed by atoms with E-state index in [1.807, 2.05) is 0 Å². The third-order valence-corrected chi connectivity index (χ3v) is 1.88. The van der Waals surface area contributed by atoms with E-state index in [4.69, 9.17) is 5.73 Å². The average Bonchev–Trinajstić information content (AvgIpc) is 2.16. The third-order valence-electron chi connectivity index (χ3n) is 1.88. The molecule has 16 heavy (non-hydrogen) atoms. The monoisotopic (exact) mass is 238 g/mol. The van der Waals surface area contributed by atoms with E-state index in [9.17, 15) is 22.8 Å². The van der Waals surface area contributed by atoms with Gasteiger partial charge >= 0.3 is 12.1 Å². The lowest BCUT2D eigenvalue weighted by Gasteiger charge is -2.24. The van der Waals surface area contributed by atoms with Crippen LogP contribution in [0.4, 0.5) is 13.2 Å². The summed E-state index contributed by atoms with van der Waals surface area (Å²) < 4.78 is 35.6. The van der Waals surface area contributed by atoms with Crippen molar-refractivity contribution < 1.29 is 27.6 Å². The highest BCUT2D eigenvalue weighted by Crippen LogP contribution is 2.19. The van der Waals surface area contributed by atoms with Gasteiger partial charge in [0.05, 0.1) is 6.54 Å². The highest BCUT2D eigenvalue weighted by Gasteiger charge is 2.42. The molecule has 0 atom stereocenters. The molecule has 8 heteroatoms. The predicted molar refractivity (Wildman–Crippen MR) is 45.6 cm³/mol. The van der Waals surface area contributed by atoms with Crippen molar-refractivity contribution in [3.05, 3.63) is 11.6 Å². The van der Waals surface area contributed by atoms with Crippen molar-refractivity contribution in [1.82, 2.24) is 5.06 Å². The third kappa shape index (κ3) is 3.23. The fraction of sp³-hybridized carbons (Fsp3) is 0.500. The van der Waals surface area contributed by atoms with Gasteiger partial charge in [0.1, 0.15) is 0 Å². The van der Waals surface area contributed by atoms with Gasteiger partial charge in [-0.25, -0.2) is 4.79 Å². The summed E-state index contributed by atoms with van der Waals surface area (Å²) >= 11 is 0. The first-order chi connectivity index (χ1) is 7.30. The largest absolute Gasteiger partial charge is 0.492 e. The van der Waals surface area contributed by atoms with Crippen molar-refractivity contribution in [2.45, 2.75) is 12.6 Å². The van der Waals surface area contributed by atoms with Gasteiger partial charge in [-0.2, -0.15) is 13.2 Å². The van der Waals surface area contributed by atoms with Crippen LogP contribution in [0, 0.1) is 0 Å². The molecule has 0 unspecified atom stereocenters. The van der Waals surface area contributed by atoms with Crippen LogP contribution in [0.2, 0.25) is 0 Å². The molecule has 1 aliphatic heterocycles. The Kier molecular flexibility index (Phi) is 3.53.